The van der Waals surface area contributed by atoms with Crippen LogP contribution in [-0.2, 0) is 14.2 Å². The van der Waals surface area contributed by atoms with Gasteiger partial charge in [0.2, 0.25) is 0 Å². The van der Waals surface area contributed by atoms with Crippen molar-refractivity contribution in [2.75, 3.05) is 92.1 Å². The quantitative estimate of drug-likeness (QED) is 0.728. The van der Waals surface area contributed by atoms with Gasteiger partial charge in [0.25, 0.3) is 0 Å². The van der Waals surface area contributed by atoms with Crippen LogP contribution in [0.5, 0.6) is 0 Å². The lowest BCUT2D eigenvalue weighted by molar-refractivity contribution is 0.0299. The summed E-state index contributed by atoms with van der Waals surface area (Å²) in [6.45, 7) is 12.5. The Morgan fingerprint density at radius 3 is 1.22 bits per heavy atom. The minimum absolute atomic E-state index is 0.146. The van der Waals surface area contributed by atoms with Crippen LogP contribution in [0.2, 0.25) is 0 Å². The van der Waals surface area contributed by atoms with Gasteiger partial charge in [-0.25, -0.2) is 0 Å². The van der Waals surface area contributed by atoms with Crippen molar-refractivity contribution in [3.63, 3.8) is 0 Å². The van der Waals surface area contributed by atoms with E-state index in [1.165, 1.54) is 0 Å². The van der Waals surface area contributed by atoms with Gasteiger partial charge in [-0.15, -0.1) is 0 Å². The molecule has 0 aromatic heterocycles. The van der Waals surface area contributed by atoms with Gasteiger partial charge in [-0.05, 0) is 0 Å². The zero-order valence-electron chi connectivity index (χ0n) is 14.9. The third-order valence-electron chi connectivity index (χ3n) is 3.41. The summed E-state index contributed by atoms with van der Waals surface area (Å²) in [7, 11) is 0. The largest absolute Gasteiger partial charge is 0.395 e. The van der Waals surface area contributed by atoms with E-state index in [2.05, 4.69) is 9.80 Å². The Kier molecular flexibility index (Phi) is 17.8. The predicted molar refractivity (Wildman–Crippen MR) is 90.9 cm³/mol. The summed E-state index contributed by atoms with van der Waals surface area (Å²) in [6, 6.07) is 0. The Hall–Kier alpha value is -0.280. The number of hydrogen-bond donors (Lipinski definition) is 2. The number of rotatable bonds is 4. The van der Waals surface area contributed by atoms with E-state index in [1.54, 1.807) is 0 Å². The maximum absolute atomic E-state index is 9.05. The molecule has 0 radical (unpaired) electrons. The van der Waals surface area contributed by atoms with Gasteiger partial charge >= 0.3 is 0 Å². The number of β-amino-alcohol motifs (C(OH)–C–C–N with tert-alkyl or cyclic N) is 2. The Labute approximate surface area is 141 Å². The zero-order chi connectivity index (χ0) is 17.2. The van der Waals surface area contributed by atoms with Crippen molar-refractivity contribution >= 4 is 0 Å². The lowest BCUT2D eigenvalue weighted by atomic mass is 10.4. The summed E-state index contributed by atoms with van der Waals surface area (Å²) in [5.74, 6) is 0. The fourth-order valence-electron chi connectivity index (χ4n) is 2.15. The second kappa shape index (κ2) is 18.1. The van der Waals surface area contributed by atoms with E-state index in [9.17, 15) is 0 Å². The standard InChI is InChI=1S/C14H30N2O5.C2H6/c17-7-1-15-3-9-19-10-4-16(2-8-18)6-12-21-14-13-20-11-5-15;1-2/h17-18H,1-14H2;1-2H3. The fourth-order valence-corrected chi connectivity index (χ4v) is 2.15. The summed E-state index contributed by atoms with van der Waals surface area (Å²) in [5, 5.41) is 18.1. The van der Waals surface area contributed by atoms with E-state index in [-0.39, 0.29) is 13.2 Å². The third-order valence-corrected chi connectivity index (χ3v) is 3.41. The normalized spacial score (nSPS) is 20.9. The van der Waals surface area contributed by atoms with Crippen molar-refractivity contribution in [1.29, 1.82) is 0 Å². The molecule has 0 atom stereocenters. The smallest absolute Gasteiger partial charge is 0.0701 e. The first-order valence-electron chi connectivity index (χ1n) is 8.76. The molecule has 0 amide bonds. The first kappa shape index (κ1) is 22.7. The molecule has 0 aromatic rings. The predicted octanol–water partition coefficient (Wildman–Crippen LogP) is -0.335. The Bertz CT molecular complexity index is 213. The summed E-state index contributed by atoms with van der Waals surface area (Å²) < 4.78 is 16.7. The van der Waals surface area contributed by atoms with Crippen LogP contribution in [0.15, 0.2) is 0 Å². The number of ether oxygens (including phenoxy) is 3. The van der Waals surface area contributed by atoms with Gasteiger partial charge < -0.3 is 24.4 Å². The Balaban J connectivity index is 0.00000232. The van der Waals surface area contributed by atoms with Crippen molar-refractivity contribution in [2.24, 2.45) is 0 Å². The topological polar surface area (TPSA) is 74.6 Å². The summed E-state index contributed by atoms with van der Waals surface area (Å²) in [4.78, 5) is 4.26. The molecule has 7 nitrogen and oxygen atoms in total. The molecular formula is C16H36N2O5. The first-order chi connectivity index (χ1) is 11.4. The van der Waals surface area contributed by atoms with Crippen LogP contribution in [0.25, 0.3) is 0 Å². The van der Waals surface area contributed by atoms with Crippen molar-refractivity contribution in [2.45, 2.75) is 13.8 Å². The minimum atomic E-state index is 0.146. The zero-order valence-corrected chi connectivity index (χ0v) is 14.9. The number of aliphatic hydroxyl groups is 2. The Morgan fingerprint density at radius 2 is 0.913 bits per heavy atom. The molecule has 1 heterocycles. The molecule has 0 aromatic carbocycles. The van der Waals surface area contributed by atoms with Crippen molar-refractivity contribution in [1.82, 2.24) is 9.80 Å². The van der Waals surface area contributed by atoms with Crippen LogP contribution in [0.1, 0.15) is 13.8 Å². The van der Waals surface area contributed by atoms with E-state index in [4.69, 9.17) is 24.4 Å². The van der Waals surface area contributed by atoms with Gasteiger partial charge in [0.05, 0.1) is 52.9 Å². The fraction of sp³-hybridized carbons (Fsp3) is 1.00. The molecular weight excluding hydrogens is 300 g/mol. The van der Waals surface area contributed by atoms with Gasteiger partial charge in [-0.2, -0.15) is 0 Å². The van der Waals surface area contributed by atoms with Crippen molar-refractivity contribution in [3.05, 3.63) is 0 Å². The summed E-state index contributed by atoms with van der Waals surface area (Å²) >= 11 is 0. The molecule has 0 bridgehead atoms. The van der Waals surface area contributed by atoms with Crippen LogP contribution in [-0.4, -0.2) is 112 Å². The first-order valence-corrected chi connectivity index (χ1v) is 8.76. The van der Waals surface area contributed by atoms with Crippen molar-refractivity contribution < 1.29 is 24.4 Å². The minimum Gasteiger partial charge on any atom is -0.395 e. The molecule has 1 rings (SSSR count). The second-order valence-electron chi connectivity index (χ2n) is 4.97. The molecule has 7 heteroatoms. The maximum Gasteiger partial charge on any atom is 0.0701 e. The lowest BCUT2D eigenvalue weighted by Gasteiger charge is -2.22. The van der Waals surface area contributed by atoms with Crippen LogP contribution in [0, 0.1) is 0 Å². The van der Waals surface area contributed by atoms with E-state index in [1.807, 2.05) is 13.8 Å². The van der Waals surface area contributed by atoms with Crippen LogP contribution < -0.4 is 0 Å². The molecule has 1 aliphatic rings. The molecule has 0 unspecified atom stereocenters. The van der Waals surface area contributed by atoms with Crippen LogP contribution >= 0.6 is 0 Å². The molecule has 0 spiro atoms. The van der Waals surface area contributed by atoms with Crippen LogP contribution in [0.4, 0.5) is 0 Å². The van der Waals surface area contributed by atoms with Gasteiger partial charge in [0, 0.05) is 39.3 Å². The van der Waals surface area contributed by atoms with Crippen LogP contribution in [0.3, 0.4) is 0 Å². The van der Waals surface area contributed by atoms with Gasteiger partial charge in [0.1, 0.15) is 0 Å². The monoisotopic (exact) mass is 336 g/mol. The molecule has 1 fully saturated rings. The third kappa shape index (κ3) is 13.8. The molecule has 2 N–H and O–H groups in total. The summed E-state index contributed by atoms with van der Waals surface area (Å²) in [5.41, 5.74) is 0. The molecule has 1 saturated heterocycles. The highest BCUT2D eigenvalue weighted by Gasteiger charge is 2.07. The number of aliphatic hydroxyl groups excluding tert-OH is 2. The van der Waals surface area contributed by atoms with E-state index < -0.39 is 0 Å². The highest BCUT2D eigenvalue weighted by atomic mass is 16.5. The number of hydrogen-bond acceptors (Lipinski definition) is 7. The van der Waals surface area contributed by atoms with Gasteiger partial charge in [0.15, 0.2) is 0 Å². The molecule has 0 aliphatic carbocycles. The highest BCUT2D eigenvalue weighted by Crippen LogP contribution is 1.94. The van der Waals surface area contributed by atoms with Gasteiger partial charge in [-0.1, -0.05) is 13.8 Å². The maximum atomic E-state index is 9.05. The number of nitrogens with zero attached hydrogens (tertiary/aromatic N) is 2. The van der Waals surface area contributed by atoms with Gasteiger partial charge in [-0.3, -0.25) is 9.80 Å². The highest BCUT2D eigenvalue weighted by molar-refractivity contribution is 4.59. The summed E-state index contributed by atoms with van der Waals surface area (Å²) in [6.07, 6.45) is 0. The molecule has 1 aliphatic heterocycles. The molecule has 140 valence electrons. The van der Waals surface area contributed by atoms with E-state index in [0.29, 0.717) is 52.7 Å². The average molecular weight is 336 g/mol. The lowest BCUT2D eigenvalue weighted by Crippen LogP contribution is -2.35. The van der Waals surface area contributed by atoms with E-state index in [0.717, 1.165) is 26.2 Å². The second-order valence-corrected chi connectivity index (χ2v) is 4.97. The Morgan fingerprint density at radius 1 is 0.609 bits per heavy atom. The molecule has 23 heavy (non-hydrogen) atoms. The average Bonchev–Trinajstić information content (AvgIpc) is 2.58. The van der Waals surface area contributed by atoms with Crippen molar-refractivity contribution in [3.8, 4) is 0 Å². The van der Waals surface area contributed by atoms with E-state index >= 15 is 0 Å². The SMILES string of the molecule is CC.OCCN1CCOCCOCCN(CCO)CCOCC1. The molecule has 0 saturated carbocycles.